The maximum Gasteiger partial charge on any atom is 0.0826 e. The van der Waals surface area contributed by atoms with Gasteiger partial charge < -0.3 is 10.1 Å². The molecule has 17 heavy (non-hydrogen) atoms. The van der Waals surface area contributed by atoms with E-state index in [1.807, 2.05) is 13.0 Å². The molecule has 2 heterocycles. The summed E-state index contributed by atoms with van der Waals surface area (Å²) in [5, 5.41) is 3.35. The highest BCUT2D eigenvalue weighted by molar-refractivity contribution is 5.09. The number of morpholine rings is 1. The summed E-state index contributed by atoms with van der Waals surface area (Å²) in [6, 6.07) is 6.16. The second-order valence-corrected chi connectivity index (χ2v) is 4.66. The minimum Gasteiger partial charge on any atom is -0.374 e. The normalized spacial score (nSPS) is 20.8. The Balaban J connectivity index is 1.82. The lowest BCUT2D eigenvalue weighted by molar-refractivity contribution is 0.00867. The maximum atomic E-state index is 5.69. The fourth-order valence-electron chi connectivity index (χ4n) is 2.11. The van der Waals surface area contributed by atoms with Crippen LogP contribution >= 0.6 is 0 Å². The van der Waals surface area contributed by atoms with Crippen molar-refractivity contribution in [3.63, 3.8) is 0 Å². The molecule has 0 spiro atoms. The van der Waals surface area contributed by atoms with Gasteiger partial charge in [0.25, 0.3) is 0 Å². The molecule has 1 atom stereocenters. The van der Waals surface area contributed by atoms with Crippen LogP contribution in [-0.4, -0.2) is 49.3 Å². The molecule has 1 N–H and O–H groups in total. The van der Waals surface area contributed by atoms with E-state index in [4.69, 9.17) is 4.74 Å². The maximum absolute atomic E-state index is 5.69. The molecule has 0 bridgehead atoms. The second kappa shape index (κ2) is 6.10. The highest BCUT2D eigenvalue weighted by Crippen LogP contribution is 2.04. The lowest BCUT2D eigenvalue weighted by atomic mass is 10.2. The van der Waals surface area contributed by atoms with Gasteiger partial charge in [-0.3, -0.25) is 9.88 Å². The molecular weight excluding hydrogens is 214 g/mol. The summed E-state index contributed by atoms with van der Waals surface area (Å²) >= 11 is 0. The summed E-state index contributed by atoms with van der Waals surface area (Å²) < 4.78 is 5.69. The van der Waals surface area contributed by atoms with Crippen molar-refractivity contribution in [3.05, 3.63) is 29.6 Å². The Bertz CT molecular complexity index is 350. The van der Waals surface area contributed by atoms with Crippen LogP contribution in [0.2, 0.25) is 0 Å². The van der Waals surface area contributed by atoms with Crippen LogP contribution in [0.25, 0.3) is 0 Å². The molecule has 1 saturated heterocycles. The van der Waals surface area contributed by atoms with Gasteiger partial charge in [0.15, 0.2) is 0 Å². The molecule has 0 amide bonds. The Kier molecular flexibility index (Phi) is 4.48. The molecule has 1 aromatic heterocycles. The Morgan fingerprint density at radius 2 is 2.41 bits per heavy atom. The molecular formula is C13H21N3O. The van der Waals surface area contributed by atoms with Crippen LogP contribution in [0.1, 0.15) is 11.4 Å². The Morgan fingerprint density at radius 3 is 3.12 bits per heavy atom. The van der Waals surface area contributed by atoms with Gasteiger partial charge in [-0.05, 0) is 26.1 Å². The SMILES string of the molecule is Cc1cccc(CN(C)CC2CNCCO2)n1. The van der Waals surface area contributed by atoms with Gasteiger partial charge in [0, 0.05) is 31.9 Å². The van der Waals surface area contributed by atoms with Gasteiger partial charge in [-0.15, -0.1) is 0 Å². The van der Waals surface area contributed by atoms with Crippen LogP contribution in [0.4, 0.5) is 0 Å². The van der Waals surface area contributed by atoms with E-state index >= 15 is 0 Å². The standard InChI is InChI=1S/C13H21N3O/c1-11-4-3-5-12(15-11)9-16(2)10-13-8-14-6-7-17-13/h3-5,13-14H,6-10H2,1-2H3. The molecule has 0 saturated carbocycles. The number of nitrogens with one attached hydrogen (secondary N) is 1. The molecule has 1 aromatic rings. The summed E-state index contributed by atoms with van der Waals surface area (Å²) in [5.74, 6) is 0. The molecule has 94 valence electrons. The number of ether oxygens (including phenoxy) is 1. The first-order valence-corrected chi connectivity index (χ1v) is 6.17. The Labute approximate surface area is 103 Å². The zero-order chi connectivity index (χ0) is 12.1. The van der Waals surface area contributed by atoms with Crippen LogP contribution in [0.5, 0.6) is 0 Å². The van der Waals surface area contributed by atoms with Crippen LogP contribution < -0.4 is 5.32 Å². The minimum absolute atomic E-state index is 0.304. The summed E-state index contributed by atoms with van der Waals surface area (Å²) in [6.45, 7) is 6.59. The smallest absolute Gasteiger partial charge is 0.0826 e. The number of hydrogen-bond donors (Lipinski definition) is 1. The van der Waals surface area contributed by atoms with Crippen LogP contribution in [0.3, 0.4) is 0 Å². The van der Waals surface area contributed by atoms with Gasteiger partial charge >= 0.3 is 0 Å². The highest BCUT2D eigenvalue weighted by atomic mass is 16.5. The molecule has 0 aliphatic carbocycles. The van der Waals surface area contributed by atoms with Crippen molar-refractivity contribution in [2.24, 2.45) is 0 Å². The Hall–Kier alpha value is -0.970. The predicted octanol–water partition coefficient (Wildman–Crippen LogP) is 0.810. The average molecular weight is 235 g/mol. The fourth-order valence-corrected chi connectivity index (χ4v) is 2.11. The average Bonchev–Trinajstić information content (AvgIpc) is 2.30. The van der Waals surface area contributed by atoms with E-state index < -0.39 is 0 Å². The summed E-state index contributed by atoms with van der Waals surface area (Å²) in [7, 11) is 2.11. The third kappa shape index (κ3) is 4.07. The van der Waals surface area contributed by atoms with Crippen molar-refractivity contribution in [3.8, 4) is 0 Å². The third-order valence-corrected chi connectivity index (χ3v) is 2.90. The second-order valence-electron chi connectivity index (χ2n) is 4.66. The molecule has 0 radical (unpaired) electrons. The van der Waals surface area contributed by atoms with Gasteiger partial charge in [0.2, 0.25) is 0 Å². The van der Waals surface area contributed by atoms with Gasteiger partial charge in [-0.1, -0.05) is 6.07 Å². The predicted molar refractivity (Wildman–Crippen MR) is 67.9 cm³/mol. The summed E-state index contributed by atoms with van der Waals surface area (Å²) in [4.78, 5) is 6.77. The zero-order valence-electron chi connectivity index (χ0n) is 10.6. The van der Waals surface area contributed by atoms with Crippen LogP contribution in [0, 0.1) is 6.92 Å². The van der Waals surface area contributed by atoms with E-state index in [0.717, 1.165) is 44.2 Å². The van der Waals surface area contributed by atoms with E-state index in [1.54, 1.807) is 0 Å². The van der Waals surface area contributed by atoms with Crippen molar-refractivity contribution < 1.29 is 4.74 Å². The van der Waals surface area contributed by atoms with Crippen molar-refractivity contribution in [1.29, 1.82) is 0 Å². The first-order valence-electron chi connectivity index (χ1n) is 6.17. The molecule has 1 unspecified atom stereocenters. The van der Waals surface area contributed by atoms with E-state index in [-0.39, 0.29) is 0 Å². The number of nitrogens with zero attached hydrogens (tertiary/aromatic N) is 2. The summed E-state index contributed by atoms with van der Waals surface area (Å²) in [6.07, 6.45) is 0.304. The van der Waals surface area contributed by atoms with Gasteiger partial charge in [0.05, 0.1) is 18.4 Å². The van der Waals surface area contributed by atoms with Crippen molar-refractivity contribution in [2.45, 2.75) is 19.6 Å². The summed E-state index contributed by atoms with van der Waals surface area (Å²) in [5.41, 5.74) is 2.20. The van der Waals surface area contributed by atoms with Crippen LogP contribution in [-0.2, 0) is 11.3 Å². The number of aryl methyl sites for hydroxylation is 1. The fraction of sp³-hybridized carbons (Fsp3) is 0.615. The number of likely N-dealkylation sites (N-methyl/N-ethyl adjacent to an activating group) is 1. The molecule has 4 nitrogen and oxygen atoms in total. The van der Waals surface area contributed by atoms with Crippen molar-refractivity contribution in [2.75, 3.05) is 33.3 Å². The lowest BCUT2D eigenvalue weighted by Crippen LogP contribution is -2.44. The Morgan fingerprint density at radius 1 is 1.53 bits per heavy atom. The zero-order valence-corrected chi connectivity index (χ0v) is 10.6. The highest BCUT2D eigenvalue weighted by Gasteiger charge is 2.15. The number of pyridine rings is 1. The third-order valence-electron chi connectivity index (χ3n) is 2.90. The molecule has 1 aliphatic heterocycles. The van der Waals surface area contributed by atoms with E-state index in [1.165, 1.54) is 0 Å². The number of aromatic nitrogens is 1. The van der Waals surface area contributed by atoms with Crippen molar-refractivity contribution in [1.82, 2.24) is 15.2 Å². The quantitative estimate of drug-likeness (QED) is 0.838. The van der Waals surface area contributed by atoms with Gasteiger partial charge in [0.1, 0.15) is 0 Å². The van der Waals surface area contributed by atoms with E-state index in [0.29, 0.717) is 6.10 Å². The first-order chi connectivity index (χ1) is 8.24. The van der Waals surface area contributed by atoms with Crippen LogP contribution in [0.15, 0.2) is 18.2 Å². The number of rotatable bonds is 4. The lowest BCUT2D eigenvalue weighted by Gasteiger charge is -2.27. The minimum atomic E-state index is 0.304. The molecule has 1 aliphatic rings. The first kappa shape index (κ1) is 12.5. The topological polar surface area (TPSA) is 37.4 Å². The largest absolute Gasteiger partial charge is 0.374 e. The van der Waals surface area contributed by atoms with Gasteiger partial charge in [-0.25, -0.2) is 0 Å². The number of hydrogen-bond acceptors (Lipinski definition) is 4. The molecule has 1 fully saturated rings. The van der Waals surface area contributed by atoms with E-state index in [2.05, 4.69) is 34.4 Å². The molecule has 2 rings (SSSR count). The van der Waals surface area contributed by atoms with Crippen molar-refractivity contribution >= 4 is 0 Å². The molecule has 0 aromatic carbocycles. The monoisotopic (exact) mass is 235 g/mol. The van der Waals surface area contributed by atoms with Gasteiger partial charge in [-0.2, -0.15) is 0 Å². The molecule has 4 heteroatoms. The van der Waals surface area contributed by atoms with E-state index in [9.17, 15) is 0 Å².